The molecular weight excluding hydrogens is 192 g/mol. The van der Waals surface area contributed by atoms with Crippen LogP contribution in [0.3, 0.4) is 0 Å². The van der Waals surface area contributed by atoms with Crippen molar-refractivity contribution < 1.29 is 15.2 Å². The number of quaternary nitrogens is 1. The predicted molar refractivity (Wildman–Crippen MR) is 58.6 cm³/mol. The van der Waals surface area contributed by atoms with Gasteiger partial charge in [-0.1, -0.05) is 0 Å². The van der Waals surface area contributed by atoms with E-state index in [-0.39, 0.29) is 0 Å². The smallest absolute Gasteiger partial charge is 0.181 e. The Balaban J connectivity index is 2.20. The molecule has 0 aliphatic carbocycles. The second-order valence-corrected chi connectivity index (χ2v) is 3.60. The molecule has 1 heterocycles. The van der Waals surface area contributed by atoms with Gasteiger partial charge in [0.1, 0.15) is 0 Å². The van der Waals surface area contributed by atoms with Crippen LogP contribution in [0.25, 0.3) is 0 Å². The fourth-order valence-corrected chi connectivity index (χ4v) is 1.75. The maximum absolute atomic E-state index is 5.32. The molecule has 1 aromatic carbocycles. The lowest BCUT2D eigenvalue weighted by Crippen LogP contribution is -2.41. The van der Waals surface area contributed by atoms with Crippen molar-refractivity contribution in [2.45, 2.75) is 0 Å². The highest BCUT2D eigenvalue weighted by Gasteiger charge is 2.13. The summed E-state index contributed by atoms with van der Waals surface area (Å²) in [5, 5.41) is 0. The van der Waals surface area contributed by atoms with Crippen molar-refractivity contribution in [3.05, 3.63) is 18.2 Å². The van der Waals surface area contributed by atoms with Crippen molar-refractivity contribution >= 4 is 11.4 Å². The van der Waals surface area contributed by atoms with Gasteiger partial charge in [-0.05, 0) is 6.07 Å². The Morgan fingerprint density at radius 3 is 2.73 bits per heavy atom. The van der Waals surface area contributed by atoms with Crippen LogP contribution in [0.2, 0.25) is 0 Å². The summed E-state index contributed by atoms with van der Waals surface area (Å²) in [7, 11) is 1.67. The van der Waals surface area contributed by atoms with E-state index in [4.69, 9.17) is 9.47 Å². The number of anilines is 1. The van der Waals surface area contributed by atoms with Crippen molar-refractivity contribution in [2.75, 3.05) is 38.3 Å². The van der Waals surface area contributed by atoms with Gasteiger partial charge >= 0.3 is 0 Å². The highest BCUT2D eigenvalue weighted by atomic mass is 16.5. The first-order valence-electron chi connectivity index (χ1n) is 5.14. The Kier molecular flexibility index (Phi) is 3.08. The third-order valence-corrected chi connectivity index (χ3v) is 2.65. The second kappa shape index (κ2) is 4.51. The lowest BCUT2D eigenvalue weighted by atomic mass is 10.2. The van der Waals surface area contributed by atoms with Crippen molar-refractivity contribution in [2.24, 2.45) is 0 Å². The summed E-state index contributed by atoms with van der Waals surface area (Å²) in [5.41, 5.74) is 6.02. The molecule has 4 heteroatoms. The van der Waals surface area contributed by atoms with Crippen LogP contribution in [0.1, 0.15) is 0 Å². The van der Waals surface area contributed by atoms with Crippen LogP contribution in [0, 0.1) is 0 Å². The number of rotatable bonds is 2. The van der Waals surface area contributed by atoms with Gasteiger partial charge in [-0.25, -0.2) is 0 Å². The SMILES string of the molecule is COc1cc(N2CCOCC2)ccc1[NH3+]. The van der Waals surface area contributed by atoms with Crippen LogP contribution in [0.4, 0.5) is 11.4 Å². The third kappa shape index (κ3) is 2.22. The van der Waals surface area contributed by atoms with Crippen molar-refractivity contribution in [3.63, 3.8) is 0 Å². The standard InChI is InChI=1S/C11H16N2O2/c1-14-11-8-9(2-3-10(11)12)13-4-6-15-7-5-13/h2-3,8H,4-7,12H2,1H3/p+1. The average Bonchev–Trinajstić information content (AvgIpc) is 2.31. The summed E-state index contributed by atoms with van der Waals surface area (Å²) in [6, 6.07) is 6.10. The van der Waals surface area contributed by atoms with Gasteiger partial charge in [-0.2, -0.15) is 0 Å². The van der Waals surface area contributed by atoms with Gasteiger partial charge in [0.05, 0.1) is 20.3 Å². The van der Waals surface area contributed by atoms with Gasteiger partial charge in [-0.15, -0.1) is 0 Å². The van der Waals surface area contributed by atoms with Crippen LogP contribution in [-0.4, -0.2) is 33.4 Å². The molecule has 1 aliphatic rings. The van der Waals surface area contributed by atoms with Crippen molar-refractivity contribution in [3.8, 4) is 5.75 Å². The lowest BCUT2D eigenvalue weighted by molar-refractivity contribution is -0.256. The number of hydrogen-bond donors (Lipinski definition) is 1. The Morgan fingerprint density at radius 1 is 1.33 bits per heavy atom. The minimum absolute atomic E-state index is 0.800. The minimum atomic E-state index is 0.800. The quantitative estimate of drug-likeness (QED) is 0.767. The lowest BCUT2D eigenvalue weighted by Gasteiger charge is -2.29. The van der Waals surface area contributed by atoms with E-state index in [1.54, 1.807) is 7.11 Å². The number of nitrogens with zero attached hydrogens (tertiary/aromatic N) is 1. The zero-order valence-corrected chi connectivity index (χ0v) is 9.03. The maximum atomic E-state index is 5.32. The Hall–Kier alpha value is -1.26. The highest BCUT2D eigenvalue weighted by molar-refractivity contribution is 5.58. The summed E-state index contributed by atoms with van der Waals surface area (Å²) >= 11 is 0. The van der Waals surface area contributed by atoms with E-state index in [0.717, 1.165) is 37.7 Å². The van der Waals surface area contributed by atoms with Crippen LogP contribution >= 0.6 is 0 Å². The van der Waals surface area contributed by atoms with Crippen molar-refractivity contribution in [1.29, 1.82) is 0 Å². The molecule has 0 spiro atoms. The topological polar surface area (TPSA) is 49.3 Å². The minimum Gasteiger partial charge on any atom is -0.491 e. The Labute approximate surface area is 89.6 Å². The van der Waals surface area contributed by atoms with Gasteiger partial charge in [-0.3, -0.25) is 0 Å². The first-order valence-corrected chi connectivity index (χ1v) is 5.14. The molecule has 3 N–H and O–H groups in total. The van der Waals surface area contributed by atoms with Gasteiger partial charge in [0.2, 0.25) is 0 Å². The molecule has 0 radical (unpaired) electrons. The summed E-state index contributed by atoms with van der Waals surface area (Å²) in [6.07, 6.45) is 0. The molecule has 1 saturated heterocycles. The van der Waals surface area contributed by atoms with Crippen molar-refractivity contribution in [1.82, 2.24) is 0 Å². The second-order valence-electron chi connectivity index (χ2n) is 3.60. The summed E-state index contributed by atoms with van der Waals surface area (Å²) in [4.78, 5) is 2.30. The van der Waals surface area contributed by atoms with Gasteiger partial charge in [0, 0.05) is 30.9 Å². The van der Waals surface area contributed by atoms with E-state index in [0.29, 0.717) is 0 Å². The average molecular weight is 209 g/mol. The first kappa shape index (κ1) is 10.3. The summed E-state index contributed by atoms with van der Waals surface area (Å²) in [5.74, 6) is 0.846. The molecule has 0 atom stereocenters. The summed E-state index contributed by atoms with van der Waals surface area (Å²) < 4.78 is 10.6. The highest BCUT2D eigenvalue weighted by Crippen LogP contribution is 2.26. The molecular formula is C11H17N2O2+. The normalized spacial score (nSPS) is 16.5. The van der Waals surface area contributed by atoms with E-state index in [2.05, 4.69) is 16.7 Å². The molecule has 2 rings (SSSR count). The fourth-order valence-electron chi connectivity index (χ4n) is 1.75. The molecule has 4 nitrogen and oxygen atoms in total. The molecule has 1 fully saturated rings. The molecule has 0 saturated carbocycles. The molecule has 0 aromatic heterocycles. The van der Waals surface area contributed by atoms with E-state index in [1.807, 2.05) is 12.1 Å². The Bertz CT molecular complexity index is 335. The molecule has 0 amide bonds. The molecule has 82 valence electrons. The van der Waals surface area contributed by atoms with Gasteiger partial charge < -0.3 is 20.1 Å². The van der Waals surface area contributed by atoms with Gasteiger partial charge in [0.25, 0.3) is 0 Å². The van der Waals surface area contributed by atoms with Crippen LogP contribution in [0.5, 0.6) is 5.75 Å². The van der Waals surface area contributed by atoms with Crippen LogP contribution < -0.4 is 15.4 Å². The molecule has 0 bridgehead atoms. The van der Waals surface area contributed by atoms with Crippen LogP contribution in [-0.2, 0) is 4.74 Å². The van der Waals surface area contributed by atoms with E-state index in [1.165, 1.54) is 5.69 Å². The maximum Gasteiger partial charge on any atom is 0.181 e. The number of ether oxygens (including phenoxy) is 2. The zero-order chi connectivity index (χ0) is 10.7. The Morgan fingerprint density at radius 2 is 2.07 bits per heavy atom. The number of hydrogen-bond acceptors (Lipinski definition) is 3. The zero-order valence-electron chi connectivity index (χ0n) is 9.03. The van der Waals surface area contributed by atoms with E-state index in [9.17, 15) is 0 Å². The number of methoxy groups -OCH3 is 1. The fraction of sp³-hybridized carbons (Fsp3) is 0.455. The molecule has 1 aromatic rings. The first-order chi connectivity index (χ1) is 7.31. The summed E-state index contributed by atoms with van der Waals surface area (Å²) in [6.45, 7) is 3.49. The molecule has 1 aliphatic heterocycles. The predicted octanol–water partition coefficient (Wildman–Crippen LogP) is 0.405. The largest absolute Gasteiger partial charge is 0.491 e. The molecule has 15 heavy (non-hydrogen) atoms. The molecule has 0 unspecified atom stereocenters. The van der Waals surface area contributed by atoms with E-state index >= 15 is 0 Å². The monoisotopic (exact) mass is 209 g/mol. The number of morpholine rings is 1. The van der Waals surface area contributed by atoms with Gasteiger partial charge in [0.15, 0.2) is 11.4 Å². The van der Waals surface area contributed by atoms with E-state index < -0.39 is 0 Å². The number of benzene rings is 1. The third-order valence-electron chi connectivity index (χ3n) is 2.65. The van der Waals surface area contributed by atoms with Crippen LogP contribution in [0.15, 0.2) is 18.2 Å².